The quantitative estimate of drug-likeness (QED) is 0.404. The van der Waals surface area contributed by atoms with Crippen LogP contribution < -0.4 is 0 Å². The van der Waals surface area contributed by atoms with Gasteiger partial charge in [-0.2, -0.15) is 41.8 Å². The molecule has 5 nitrogen and oxygen atoms in total. The maximum atomic E-state index is 13.1. The fourth-order valence-electron chi connectivity index (χ4n) is 2.46. The molecule has 0 saturated heterocycles. The van der Waals surface area contributed by atoms with Crippen LogP contribution in [0.1, 0.15) is 31.4 Å². The molecular weight excluding hydrogens is 378 g/mol. The lowest BCUT2D eigenvalue weighted by Crippen LogP contribution is -2.37. The second-order valence-electron chi connectivity index (χ2n) is 5.94. The van der Waals surface area contributed by atoms with Crippen molar-refractivity contribution in [3.05, 3.63) is 29.3 Å². The molecule has 146 valence electrons. The first kappa shape index (κ1) is 20.7. The number of aliphatic imine (C=N–C) groups is 1. The van der Waals surface area contributed by atoms with E-state index in [9.17, 15) is 26.3 Å². The Morgan fingerprint density at radius 1 is 1.33 bits per heavy atom. The Hall–Kier alpha value is -2.64. The van der Waals surface area contributed by atoms with E-state index in [2.05, 4.69) is 15.2 Å². The smallest absolute Gasteiger partial charge is 0.417 e. The first-order chi connectivity index (χ1) is 12.4. The van der Waals surface area contributed by atoms with Crippen molar-refractivity contribution < 1.29 is 31.1 Å². The lowest BCUT2D eigenvalue weighted by Gasteiger charge is -2.22. The summed E-state index contributed by atoms with van der Waals surface area (Å²) < 4.78 is 83.0. The Labute approximate surface area is 150 Å². The minimum Gasteiger partial charge on any atom is -0.479 e. The predicted molar refractivity (Wildman–Crippen MR) is 82.6 cm³/mol. The number of halogens is 6. The molecule has 0 fully saturated rings. The highest BCUT2D eigenvalue weighted by Gasteiger charge is 2.51. The van der Waals surface area contributed by atoms with Crippen molar-refractivity contribution in [1.82, 2.24) is 0 Å². The summed E-state index contributed by atoms with van der Waals surface area (Å²) in [6.07, 6.45) is -9.96. The maximum absolute atomic E-state index is 13.1. The molecule has 1 aromatic rings. The fourth-order valence-corrected chi connectivity index (χ4v) is 2.46. The number of rotatable bonds is 3. The average Bonchev–Trinajstić information content (AvgIpc) is 2.97. The van der Waals surface area contributed by atoms with E-state index in [-0.39, 0.29) is 18.2 Å². The molecule has 2 rings (SSSR count). The van der Waals surface area contributed by atoms with Crippen LogP contribution in [-0.2, 0) is 10.9 Å². The number of hydrogen-bond donors (Lipinski definition) is 0. The van der Waals surface area contributed by atoms with Crippen molar-refractivity contribution in [2.45, 2.75) is 44.2 Å². The van der Waals surface area contributed by atoms with E-state index >= 15 is 0 Å². The molecule has 1 aliphatic heterocycles. The minimum atomic E-state index is -4.79. The Bertz CT molecular complexity index is 809. The average molecular weight is 392 g/mol. The molecule has 11 heteroatoms. The molecule has 1 aliphatic rings. The van der Waals surface area contributed by atoms with Crippen molar-refractivity contribution in [2.75, 3.05) is 6.61 Å². The van der Waals surface area contributed by atoms with Crippen molar-refractivity contribution in [2.24, 2.45) is 15.2 Å². The second-order valence-corrected chi connectivity index (χ2v) is 5.94. The number of hydrogen-bond acceptors (Lipinski definition) is 5. The SMILES string of the molecule is CCO/C(=N\c1ccc(C#N)c(C(F)(F)F)c1)[C@@]1(C)CC(C(F)(F)F)N=N1. The molecular formula is C16H14F6N4O. The zero-order chi connectivity index (χ0) is 20.5. The van der Waals surface area contributed by atoms with Crippen LogP contribution >= 0.6 is 0 Å². The molecule has 0 amide bonds. The van der Waals surface area contributed by atoms with Crippen LogP contribution in [0.25, 0.3) is 0 Å². The summed E-state index contributed by atoms with van der Waals surface area (Å²) in [4.78, 5) is 3.93. The fraction of sp³-hybridized carbons (Fsp3) is 0.500. The van der Waals surface area contributed by atoms with Gasteiger partial charge < -0.3 is 4.74 Å². The van der Waals surface area contributed by atoms with Crippen LogP contribution in [0.5, 0.6) is 0 Å². The molecule has 0 saturated carbocycles. The van der Waals surface area contributed by atoms with E-state index < -0.39 is 41.5 Å². The summed E-state index contributed by atoms with van der Waals surface area (Å²) in [6, 6.07) is 2.10. The van der Waals surface area contributed by atoms with Gasteiger partial charge in [0.05, 0.1) is 29.5 Å². The molecule has 0 aliphatic carbocycles. The van der Waals surface area contributed by atoms with E-state index in [4.69, 9.17) is 10.00 Å². The number of ether oxygens (including phenoxy) is 1. The third-order valence-corrected chi connectivity index (χ3v) is 3.79. The topological polar surface area (TPSA) is 70.1 Å². The van der Waals surface area contributed by atoms with Gasteiger partial charge in [0.15, 0.2) is 11.6 Å². The Kier molecular flexibility index (Phi) is 5.49. The first-order valence-corrected chi connectivity index (χ1v) is 7.72. The van der Waals surface area contributed by atoms with Gasteiger partial charge in [-0.1, -0.05) is 0 Å². The highest BCUT2D eigenvalue weighted by atomic mass is 19.4. The number of nitrogens with zero attached hydrogens (tertiary/aromatic N) is 4. The highest BCUT2D eigenvalue weighted by molar-refractivity contribution is 5.88. The zero-order valence-electron chi connectivity index (χ0n) is 14.2. The highest BCUT2D eigenvalue weighted by Crippen LogP contribution is 2.39. The number of azo groups is 1. The number of nitriles is 1. The Balaban J connectivity index is 2.45. The summed E-state index contributed by atoms with van der Waals surface area (Å²) in [5.74, 6) is -0.279. The van der Waals surface area contributed by atoms with Crippen LogP contribution in [-0.4, -0.2) is 30.3 Å². The van der Waals surface area contributed by atoms with E-state index in [0.29, 0.717) is 6.07 Å². The van der Waals surface area contributed by atoms with Crippen LogP contribution in [0.3, 0.4) is 0 Å². The van der Waals surface area contributed by atoms with Crippen molar-refractivity contribution in [3.63, 3.8) is 0 Å². The summed E-state index contributed by atoms with van der Waals surface area (Å²) in [5, 5.41) is 15.6. The normalized spacial score (nSPS) is 23.4. The lowest BCUT2D eigenvalue weighted by atomic mass is 9.95. The van der Waals surface area contributed by atoms with Crippen LogP contribution in [0.15, 0.2) is 33.4 Å². The van der Waals surface area contributed by atoms with Crippen molar-refractivity contribution >= 4 is 11.6 Å². The van der Waals surface area contributed by atoms with Gasteiger partial charge in [0.1, 0.15) is 0 Å². The summed E-state index contributed by atoms with van der Waals surface area (Å²) in [5.41, 5.74) is -3.59. The van der Waals surface area contributed by atoms with Crippen LogP contribution in [0.2, 0.25) is 0 Å². The van der Waals surface area contributed by atoms with Gasteiger partial charge in [-0.25, -0.2) is 4.99 Å². The largest absolute Gasteiger partial charge is 0.479 e. The molecule has 0 radical (unpaired) electrons. The second kappa shape index (κ2) is 7.17. The summed E-state index contributed by atoms with van der Waals surface area (Å²) in [6.45, 7) is 2.88. The molecule has 0 spiro atoms. The molecule has 0 aromatic heterocycles. The molecule has 2 atom stereocenters. The van der Waals surface area contributed by atoms with Gasteiger partial charge in [-0.15, -0.1) is 0 Å². The van der Waals surface area contributed by atoms with Gasteiger partial charge in [-0.05, 0) is 32.0 Å². The van der Waals surface area contributed by atoms with E-state index in [1.165, 1.54) is 13.0 Å². The zero-order valence-corrected chi connectivity index (χ0v) is 14.2. The molecule has 27 heavy (non-hydrogen) atoms. The molecule has 0 N–H and O–H groups in total. The van der Waals surface area contributed by atoms with Gasteiger partial charge in [0, 0.05) is 6.42 Å². The van der Waals surface area contributed by atoms with Gasteiger partial charge in [0.2, 0.25) is 5.90 Å². The monoisotopic (exact) mass is 392 g/mol. The van der Waals surface area contributed by atoms with Crippen molar-refractivity contribution in [1.29, 1.82) is 5.26 Å². The molecule has 1 aromatic carbocycles. The molecule has 1 unspecified atom stereocenters. The number of benzene rings is 1. The van der Waals surface area contributed by atoms with Gasteiger partial charge in [-0.3, -0.25) is 0 Å². The van der Waals surface area contributed by atoms with Gasteiger partial charge >= 0.3 is 12.4 Å². The molecule has 1 heterocycles. The van der Waals surface area contributed by atoms with E-state index in [0.717, 1.165) is 12.1 Å². The Morgan fingerprint density at radius 2 is 2.00 bits per heavy atom. The summed E-state index contributed by atoms with van der Waals surface area (Å²) in [7, 11) is 0. The van der Waals surface area contributed by atoms with Crippen LogP contribution in [0.4, 0.5) is 32.0 Å². The standard InChI is InChI=1S/C16H14F6N4O/c1-3-27-13(14(2)7-12(25-26-14)16(20,21)22)24-10-5-4-9(8-23)11(6-10)15(17,18)19/h4-6,12H,3,7H2,1-2H3/b24-13-/t12?,14-/m1/s1. The third kappa shape index (κ3) is 4.56. The molecule has 0 bridgehead atoms. The minimum absolute atomic E-state index is 0.0169. The van der Waals surface area contributed by atoms with Crippen molar-refractivity contribution in [3.8, 4) is 6.07 Å². The lowest BCUT2D eigenvalue weighted by molar-refractivity contribution is -0.147. The van der Waals surface area contributed by atoms with Gasteiger partial charge in [0.25, 0.3) is 0 Å². The van der Waals surface area contributed by atoms with E-state index in [1.807, 2.05) is 0 Å². The van der Waals surface area contributed by atoms with E-state index in [1.54, 1.807) is 6.92 Å². The Morgan fingerprint density at radius 3 is 2.48 bits per heavy atom. The third-order valence-electron chi connectivity index (χ3n) is 3.79. The number of alkyl halides is 6. The van der Waals surface area contributed by atoms with Crippen LogP contribution in [0, 0.1) is 11.3 Å². The predicted octanol–water partition coefficient (Wildman–Crippen LogP) is 5.19. The summed E-state index contributed by atoms with van der Waals surface area (Å²) >= 11 is 0. The maximum Gasteiger partial charge on any atom is 0.417 e. The first-order valence-electron chi connectivity index (χ1n) is 7.72.